The minimum absolute atomic E-state index is 0.0544. The number of benzene rings is 2. The van der Waals surface area contributed by atoms with Gasteiger partial charge in [-0.25, -0.2) is 4.79 Å². The highest BCUT2D eigenvalue weighted by Crippen LogP contribution is 2.22. The highest BCUT2D eigenvalue weighted by molar-refractivity contribution is 5.70. The second-order valence-electron chi connectivity index (χ2n) is 6.73. The zero-order valence-electron chi connectivity index (χ0n) is 15.8. The first-order valence-electron chi connectivity index (χ1n) is 8.63. The van der Waals surface area contributed by atoms with Crippen LogP contribution in [-0.4, -0.2) is 43.1 Å². The smallest absolute Gasteiger partial charge is 0.410 e. The first-order chi connectivity index (χ1) is 11.9. The normalized spacial score (nSPS) is 13.4. The van der Waals surface area contributed by atoms with Crippen molar-refractivity contribution in [3.8, 4) is 5.75 Å². The Bertz CT molecular complexity index is 685. The average molecular weight is 340 g/mol. The lowest BCUT2D eigenvalue weighted by atomic mass is 10.1. The summed E-state index contributed by atoms with van der Waals surface area (Å²) < 4.78 is 5.57. The summed E-state index contributed by atoms with van der Waals surface area (Å²) in [5, 5.41) is 0. The molecule has 0 saturated carbocycles. The fraction of sp³-hybridized carbons (Fsp3) is 0.381. The number of nitrogens with zero attached hydrogens (tertiary/aromatic N) is 2. The molecule has 134 valence electrons. The van der Waals surface area contributed by atoms with Crippen LogP contribution in [0.5, 0.6) is 5.75 Å². The van der Waals surface area contributed by atoms with Gasteiger partial charge in [0.1, 0.15) is 5.75 Å². The van der Waals surface area contributed by atoms with Crippen LogP contribution in [0.25, 0.3) is 0 Å². The summed E-state index contributed by atoms with van der Waals surface area (Å²) in [4.78, 5) is 16.2. The van der Waals surface area contributed by atoms with Gasteiger partial charge >= 0.3 is 6.09 Å². The van der Waals surface area contributed by atoms with Gasteiger partial charge in [0.05, 0.1) is 0 Å². The quantitative estimate of drug-likeness (QED) is 0.783. The molecule has 4 heteroatoms. The zero-order chi connectivity index (χ0) is 18.4. The molecule has 2 aromatic carbocycles. The first kappa shape index (κ1) is 19.0. The lowest BCUT2D eigenvalue weighted by Crippen LogP contribution is -2.38. The Morgan fingerprint density at radius 1 is 1.00 bits per heavy atom. The van der Waals surface area contributed by atoms with E-state index in [9.17, 15) is 4.79 Å². The summed E-state index contributed by atoms with van der Waals surface area (Å²) in [5.74, 6) is 0.579. The van der Waals surface area contributed by atoms with Gasteiger partial charge in [-0.05, 0) is 57.6 Å². The number of rotatable bonds is 6. The maximum Gasteiger partial charge on any atom is 0.415 e. The van der Waals surface area contributed by atoms with Crippen molar-refractivity contribution in [2.24, 2.45) is 0 Å². The Morgan fingerprint density at radius 3 is 2.32 bits per heavy atom. The van der Waals surface area contributed by atoms with Crippen LogP contribution in [0, 0.1) is 0 Å². The molecule has 0 aliphatic rings. The van der Waals surface area contributed by atoms with Crippen molar-refractivity contribution in [2.45, 2.75) is 32.4 Å². The van der Waals surface area contributed by atoms with Gasteiger partial charge in [-0.3, -0.25) is 0 Å². The maximum absolute atomic E-state index is 12.5. The molecular formula is C21H28N2O2. The summed E-state index contributed by atoms with van der Waals surface area (Å²) >= 11 is 0. The van der Waals surface area contributed by atoms with E-state index in [2.05, 4.69) is 24.0 Å². The Balaban J connectivity index is 2.00. The van der Waals surface area contributed by atoms with Gasteiger partial charge < -0.3 is 14.5 Å². The van der Waals surface area contributed by atoms with Gasteiger partial charge in [0.25, 0.3) is 0 Å². The molecule has 2 aromatic rings. The van der Waals surface area contributed by atoms with Gasteiger partial charge in [0, 0.05) is 19.1 Å². The number of hydrogen-bond donors (Lipinski definition) is 0. The van der Waals surface area contributed by atoms with E-state index in [4.69, 9.17) is 4.74 Å². The molecule has 0 bridgehead atoms. The second-order valence-corrected chi connectivity index (χ2v) is 6.73. The number of carbonyl (C=O) groups is 1. The van der Waals surface area contributed by atoms with Crippen LogP contribution < -0.4 is 4.74 Å². The molecule has 0 aliphatic heterocycles. The molecule has 0 unspecified atom stereocenters. The summed E-state index contributed by atoms with van der Waals surface area (Å²) in [5.41, 5.74) is 2.33. The zero-order valence-corrected chi connectivity index (χ0v) is 15.8. The van der Waals surface area contributed by atoms with Gasteiger partial charge in [-0.15, -0.1) is 0 Å². The topological polar surface area (TPSA) is 32.8 Å². The third-order valence-electron chi connectivity index (χ3n) is 4.64. The standard InChI is InChI=1S/C21H28N2O2/c1-16(14-18-10-7-6-8-11-18)23(5)21(24)25-20-13-9-12-19(15-20)17(2)22(3)4/h6-13,15-17H,14H2,1-5H3/t16-,17-/m1/s1. The third-order valence-corrected chi connectivity index (χ3v) is 4.64. The molecule has 0 aromatic heterocycles. The van der Waals surface area contributed by atoms with E-state index >= 15 is 0 Å². The van der Waals surface area contributed by atoms with E-state index in [1.807, 2.05) is 63.5 Å². The van der Waals surface area contributed by atoms with Crippen molar-refractivity contribution in [1.29, 1.82) is 0 Å². The van der Waals surface area contributed by atoms with Crippen molar-refractivity contribution >= 4 is 6.09 Å². The van der Waals surface area contributed by atoms with E-state index in [1.165, 1.54) is 5.56 Å². The fourth-order valence-corrected chi connectivity index (χ4v) is 2.58. The maximum atomic E-state index is 12.5. The average Bonchev–Trinajstić information content (AvgIpc) is 2.61. The predicted octanol–water partition coefficient (Wildman–Crippen LogP) is 4.37. The van der Waals surface area contributed by atoms with Crippen LogP contribution in [0.4, 0.5) is 4.79 Å². The molecule has 0 heterocycles. The van der Waals surface area contributed by atoms with Crippen molar-refractivity contribution < 1.29 is 9.53 Å². The Hall–Kier alpha value is -2.33. The summed E-state index contributed by atoms with van der Waals surface area (Å²) in [6, 6.07) is 18.2. The lowest BCUT2D eigenvalue weighted by Gasteiger charge is -2.25. The van der Waals surface area contributed by atoms with Crippen LogP contribution >= 0.6 is 0 Å². The van der Waals surface area contributed by atoms with Gasteiger partial charge in [0.2, 0.25) is 0 Å². The molecular weight excluding hydrogens is 312 g/mol. The first-order valence-corrected chi connectivity index (χ1v) is 8.63. The van der Waals surface area contributed by atoms with E-state index in [1.54, 1.807) is 11.9 Å². The van der Waals surface area contributed by atoms with Gasteiger partial charge in [0.15, 0.2) is 0 Å². The van der Waals surface area contributed by atoms with E-state index in [-0.39, 0.29) is 18.2 Å². The monoisotopic (exact) mass is 340 g/mol. The Kier molecular flexibility index (Phi) is 6.59. The van der Waals surface area contributed by atoms with Crippen LogP contribution in [0.3, 0.4) is 0 Å². The summed E-state index contributed by atoms with van der Waals surface area (Å²) in [6.45, 7) is 4.15. The predicted molar refractivity (Wildman–Crippen MR) is 102 cm³/mol. The van der Waals surface area contributed by atoms with Crippen LogP contribution in [0.1, 0.15) is 31.0 Å². The number of hydrogen-bond acceptors (Lipinski definition) is 3. The molecule has 0 aliphatic carbocycles. The number of ether oxygens (including phenoxy) is 1. The van der Waals surface area contributed by atoms with Crippen molar-refractivity contribution in [2.75, 3.05) is 21.1 Å². The van der Waals surface area contributed by atoms with E-state index in [0.717, 1.165) is 12.0 Å². The van der Waals surface area contributed by atoms with E-state index < -0.39 is 0 Å². The molecule has 1 amide bonds. The SMILES string of the molecule is C[C@H](c1cccc(OC(=O)N(C)[C@H](C)Cc2ccccc2)c1)N(C)C. The summed E-state index contributed by atoms with van der Waals surface area (Å²) in [7, 11) is 5.84. The van der Waals surface area contributed by atoms with Crippen LogP contribution in [0.15, 0.2) is 54.6 Å². The molecule has 0 N–H and O–H groups in total. The lowest BCUT2D eigenvalue weighted by molar-refractivity contribution is 0.148. The molecule has 2 rings (SSSR count). The second kappa shape index (κ2) is 8.67. The van der Waals surface area contributed by atoms with Crippen molar-refractivity contribution in [3.63, 3.8) is 0 Å². The van der Waals surface area contributed by atoms with E-state index in [0.29, 0.717) is 5.75 Å². The number of carbonyl (C=O) groups excluding carboxylic acids is 1. The Morgan fingerprint density at radius 2 is 1.68 bits per heavy atom. The molecule has 0 radical (unpaired) electrons. The van der Waals surface area contributed by atoms with Crippen molar-refractivity contribution in [1.82, 2.24) is 9.80 Å². The highest BCUT2D eigenvalue weighted by atomic mass is 16.6. The fourth-order valence-electron chi connectivity index (χ4n) is 2.58. The van der Waals surface area contributed by atoms with Crippen LogP contribution in [-0.2, 0) is 6.42 Å². The molecule has 0 fully saturated rings. The largest absolute Gasteiger partial charge is 0.415 e. The van der Waals surface area contributed by atoms with Crippen molar-refractivity contribution in [3.05, 3.63) is 65.7 Å². The molecule has 0 saturated heterocycles. The number of likely N-dealkylation sites (N-methyl/N-ethyl adjacent to an activating group) is 1. The van der Waals surface area contributed by atoms with Gasteiger partial charge in [-0.1, -0.05) is 42.5 Å². The minimum atomic E-state index is -0.335. The molecule has 0 spiro atoms. The minimum Gasteiger partial charge on any atom is -0.410 e. The summed E-state index contributed by atoms with van der Waals surface area (Å²) in [6.07, 6.45) is 0.461. The van der Waals surface area contributed by atoms with Gasteiger partial charge in [-0.2, -0.15) is 0 Å². The molecule has 4 nitrogen and oxygen atoms in total. The third kappa shape index (κ3) is 5.33. The highest BCUT2D eigenvalue weighted by Gasteiger charge is 2.18. The molecule has 2 atom stereocenters. The van der Waals surface area contributed by atoms with Crippen LogP contribution in [0.2, 0.25) is 0 Å². The Labute approximate surface area is 151 Å². The number of amides is 1. The molecule has 25 heavy (non-hydrogen) atoms.